The number of alkyl halides is 2. The lowest BCUT2D eigenvalue weighted by Crippen LogP contribution is -2.42. The van der Waals surface area contributed by atoms with E-state index in [9.17, 15) is 8.78 Å². The summed E-state index contributed by atoms with van der Waals surface area (Å²) in [5.74, 6) is -2.54. The van der Waals surface area contributed by atoms with Crippen LogP contribution in [-0.4, -0.2) is 22.0 Å². The molecule has 0 saturated heterocycles. The Labute approximate surface area is 116 Å². The Morgan fingerprint density at radius 2 is 2.00 bits per heavy atom. The first-order valence-corrected chi connectivity index (χ1v) is 6.96. The van der Waals surface area contributed by atoms with Crippen molar-refractivity contribution in [1.29, 1.82) is 0 Å². The van der Waals surface area contributed by atoms with Crippen LogP contribution in [0.2, 0.25) is 0 Å². The standard InChI is InChI=1S/C15H19F2N3/c1-20-9-12(11-3-2-8-19-13(11)20)14(10-18)4-6-15(16,17)7-5-14/h2-3,8-9H,4-7,10,18H2,1H3. The summed E-state index contributed by atoms with van der Waals surface area (Å²) in [6, 6.07) is 3.88. The number of hydrogen-bond donors (Lipinski definition) is 1. The molecule has 0 bridgehead atoms. The number of hydrogen-bond acceptors (Lipinski definition) is 2. The molecule has 3 nitrogen and oxygen atoms in total. The zero-order valence-corrected chi connectivity index (χ0v) is 11.6. The number of aromatic nitrogens is 2. The van der Waals surface area contributed by atoms with Crippen LogP contribution in [0.4, 0.5) is 8.78 Å². The molecule has 0 aromatic carbocycles. The second kappa shape index (κ2) is 4.52. The highest BCUT2D eigenvalue weighted by Gasteiger charge is 2.44. The fourth-order valence-electron chi connectivity index (χ4n) is 3.31. The molecule has 0 spiro atoms. The van der Waals surface area contributed by atoms with E-state index in [0.29, 0.717) is 19.4 Å². The van der Waals surface area contributed by atoms with Gasteiger partial charge in [0.05, 0.1) is 0 Å². The molecule has 3 rings (SSSR count). The lowest BCUT2D eigenvalue weighted by molar-refractivity contribution is -0.0507. The van der Waals surface area contributed by atoms with E-state index in [-0.39, 0.29) is 18.3 Å². The third-order valence-corrected chi connectivity index (χ3v) is 4.63. The topological polar surface area (TPSA) is 43.8 Å². The molecule has 0 unspecified atom stereocenters. The molecule has 5 heteroatoms. The van der Waals surface area contributed by atoms with Crippen molar-refractivity contribution in [2.45, 2.75) is 37.0 Å². The minimum absolute atomic E-state index is 0.0825. The fraction of sp³-hybridized carbons (Fsp3) is 0.533. The molecule has 1 saturated carbocycles. The predicted molar refractivity (Wildman–Crippen MR) is 74.9 cm³/mol. The van der Waals surface area contributed by atoms with Crippen LogP contribution in [0.25, 0.3) is 11.0 Å². The second-order valence-corrected chi connectivity index (χ2v) is 5.87. The Morgan fingerprint density at radius 3 is 2.65 bits per heavy atom. The Hall–Kier alpha value is -1.49. The van der Waals surface area contributed by atoms with E-state index in [1.165, 1.54) is 0 Å². The zero-order valence-electron chi connectivity index (χ0n) is 11.6. The summed E-state index contributed by atoms with van der Waals surface area (Å²) in [6.45, 7) is 0.400. The van der Waals surface area contributed by atoms with Gasteiger partial charge in [-0.05, 0) is 30.5 Å². The van der Waals surface area contributed by atoms with Gasteiger partial charge >= 0.3 is 0 Å². The van der Waals surface area contributed by atoms with Gasteiger partial charge < -0.3 is 10.3 Å². The van der Waals surface area contributed by atoms with E-state index in [1.54, 1.807) is 6.20 Å². The molecule has 2 heterocycles. The number of fused-ring (bicyclic) bond motifs is 1. The monoisotopic (exact) mass is 279 g/mol. The van der Waals surface area contributed by atoms with Gasteiger partial charge in [0.1, 0.15) is 5.65 Å². The molecular formula is C15H19F2N3. The summed E-state index contributed by atoms with van der Waals surface area (Å²) in [6.07, 6.45) is 4.46. The van der Waals surface area contributed by atoms with Gasteiger partial charge in [-0.1, -0.05) is 0 Å². The SMILES string of the molecule is Cn1cc(C2(CN)CCC(F)(F)CC2)c2cccnc21. The molecule has 20 heavy (non-hydrogen) atoms. The minimum Gasteiger partial charge on any atom is -0.335 e. The summed E-state index contributed by atoms with van der Waals surface area (Å²) < 4.78 is 28.9. The number of pyridine rings is 1. The van der Waals surface area contributed by atoms with Crippen LogP contribution in [0.5, 0.6) is 0 Å². The average molecular weight is 279 g/mol. The highest BCUT2D eigenvalue weighted by atomic mass is 19.3. The van der Waals surface area contributed by atoms with E-state index in [2.05, 4.69) is 4.98 Å². The second-order valence-electron chi connectivity index (χ2n) is 5.87. The van der Waals surface area contributed by atoms with E-state index >= 15 is 0 Å². The maximum absolute atomic E-state index is 13.5. The van der Waals surface area contributed by atoms with Crippen molar-refractivity contribution in [3.63, 3.8) is 0 Å². The van der Waals surface area contributed by atoms with E-state index < -0.39 is 5.92 Å². The van der Waals surface area contributed by atoms with Gasteiger partial charge in [-0.2, -0.15) is 0 Å². The normalized spacial score (nSPS) is 21.2. The predicted octanol–water partition coefficient (Wildman–Crippen LogP) is 2.98. The van der Waals surface area contributed by atoms with Gasteiger partial charge in [0, 0.05) is 49.6 Å². The van der Waals surface area contributed by atoms with Gasteiger partial charge in [0.25, 0.3) is 0 Å². The van der Waals surface area contributed by atoms with Gasteiger partial charge in [-0.25, -0.2) is 13.8 Å². The van der Waals surface area contributed by atoms with Crippen molar-refractivity contribution >= 4 is 11.0 Å². The molecule has 0 atom stereocenters. The molecule has 108 valence electrons. The Kier molecular flexibility index (Phi) is 3.05. The summed E-state index contributed by atoms with van der Waals surface area (Å²) >= 11 is 0. The molecular weight excluding hydrogens is 260 g/mol. The number of halogens is 2. The molecule has 2 aromatic heterocycles. The van der Waals surface area contributed by atoms with Crippen LogP contribution in [0.1, 0.15) is 31.2 Å². The highest BCUT2D eigenvalue weighted by molar-refractivity contribution is 5.81. The number of rotatable bonds is 2. The largest absolute Gasteiger partial charge is 0.335 e. The van der Waals surface area contributed by atoms with Crippen molar-refractivity contribution in [2.75, 3.05) is 6.54 Å². The molecule has 1 aliphatic carbocycles. The lowest BCUT2D eigenvalue weighted by atomic mass is 9.68. The summed E-state index contributed by atoms with van der Waals surface area (Å²) in [5.41, 5.74) is 7.59. The molecule has 1 aliphatic rings. The summed E-state index contributed by atoms with van der Waals surface area (Å²) in [5, 5.41) is 1.03. The maximum Gasteiger partial charge on any atom is 0.248 e. The molecule has 0 aliphatic heterocycles. The first-order valence-electron chi connectivity index (χ1n) is 6.96. The molecule has 0 amide bonds. The lowest BCUT2D eigenvalue weighted by Gasteiger charge is -2.39. The first-order chi connectivity index (χ1) is 9.47. The minimum atomic E-state index is -2.54. The van der Waals surface area contributed by atoms with Crippen LogP contribution in [0, 0.1) is 0 Å². The van der Waals surface area contributed by atoms with Crippen LogP contribution in [0.15, 0.2) is 24.5 Å². The summed E-state index contributed by atoms with van der Waals surface area (Å²) in [7, 11) is 1.93. The van der Waals surface area contributed by atoms with Crippen molar-refractivity contribution in [2.24, 2.45) is 12.8 Å². The third-order valence-electron chi connectivity index (χ3n) is 4.63. The number of nitrogens with two attached hydrogens (primary N) is 1. The number of nitrogens with zero attached hydrogens (tertiary/aromatic N) is 2. The van der Waals surface area contributed by atoms with E-state index in [4.69, 9.17) is 5.73 Å². The molecule has 1 fully saturated rings. The fourth-order valence-corrected chi connectivity index (χ4v) is 3.31. The Morgan fingerprint density at radius 1 is 1.30 bits per heavy atom. The van der Waals surface area contributed by atoms with Gasteiger partial charge in [-0.15, -0.1) is 0 Å². The summed E-state index contributed by atoms with van der Waals surface area (Å²) in [4.78, 5) is 4.36. The Bertz CT molecular complexity index is 623. The van der Waals surface area contributed by atoms with E-state index in [1.807, 2.05) is 29.9 Å². The van der Waals surface area contributed by atoms with Crippen molar-refractivity contribution in [3.8, 4) is 0 Å². The quantitative estimate of drug-likeness (QED) is 0.918. The first kappa shape index (κ1) is 13.5. The third kappa shape index (κ3) is 2.00. The van der Waals surface area contributed by atoms with Crippen molar-refractivity contribution in [1.82, 2.24) is 9.55 Å². The van der Waals surface area contributed by atoms with Crippen LogP contribution < -0.4 is 5.73 Å². The molecule has 2 aromatic rings. The van der Waals surface area contributed by atoms with E-state index in [0.717, 1.165) is 16.6 Å². The van der Waals surface area contributed by atoms with Crippen LogP contribution in [-0.2, 0) is 12.5 Å². The number of aryl methyl sites for hydroxylation is 1. The smallest absolute Gasteiger partial charge is 0.248 e. The van der Waals surface area contributed by atoms with Crippen LogP contribution >= 0.6 is 0 Å². The van der Waals surface area contributed by atoms with Crippen molar-refractivity contribution in [3.05, 3.63) is 30.1 Å². The Balaban J connectivity index is 2.09. The molecule has 2 N–H and O–H groups in total. The van der Waals surface area contributed by atoms with Gasteiger partial charge in [0.2, 0.25) is 5.92 Å². The zero-order chi connectivity index (χ0) is 14.4. The van der Waals surface area contributed by atoms with Gasteiger partial charge in [0.15, 0.2) is 0 Å². The average Bonchev–Trinajstić information content (AvgIpc) is 2.78. The highest BCUT2D eigenvalue weighted by Crippen LogP contribution is 2.46. The van der Waals surface area contributed by atoms with Crippen LogP contribution in [0.3, 0.4) is 0 Å². The maximum atomic E-state index is 13.5. The van der Waals surface area contributed by atoms with Gasteiger partial charge in [-0.3, -0.25) is 0 Å². The molecule has 0 radical (unpaired) electrons. The van der Waals surface area contributed by atoms with Crippen molar-refractivity contribution < 1.29 is 8.78 Å².